The number of hydrogen-bond acceptors (Lipinski definition) is 5. The van der Waals surface area contributed by atoms with Gasteiger partial charge in [-0.25, -0.2) is 5.01 Å². The van der Waals surface area contributed by atoms with Crippen molar-refractivity contribution in [2.45, 2.75) is 6.17 Å². The maximum atomic E-state index is 12.7. The first-order valence-electron chi connectivity index (χ1n) is 7.34. The first kappa shape index (κ1) is 15.4. The van der Waals surface area contributed by atoms with Crippen molar-refractivity contribution >= 4 is 44.5 Å². The van der Waals surface area contributed by atoms with Gasteiger partial charge in [0.1, 0.15) is 5.70 Å². The molecule has 0 aromatic heterocycles. The van der Waals surface area contributed by atoms with Gasteiger partial charge < -0.3 is 0 Å². The molecule has 1 amide bonds. The highest BCUT2D eigenvalue weighted by atomic mass is 79.9. The topological polar surface area (TPSA) is 57.1 Å². The molecule has 120 valence electrons. The number of halogens is 1. The summed E-state index contributed by atoms with van der Waals surface area (Å²) in [6, 6.07) is 15.5. The van der Waals surface area contributed by atoms with Crippen LogP contribution in [0.4, 0.5) is 0 Å². The number of carbonyl (C=O) groups is 1. The van der Waals surface area contributed by atoms with Crippen molar-refractivity contribution in [3.63, 3.8) is 0 Å². The number of nitrogens with zero attached hydrogens (tertiary/aromatic N) is 3. The Morgan fingerprint density at radius 2 is 1.92 bits per heavy atom. The minimum atomic E-state index is -0.390. The molecular weight excluding hydrogens is 388 g/mol. The molecule has 24 heavy (non-hydrogen) atoms. The summed E-state index contributed by atoms with van der Waals surface area (Å²) >= 11 is 4.98. The molecule has 0 bridgehead atoms. The molecule has 0 unspecified atom stereocenters. The Hall–Kier alpha value is -2.12. The highest BCUT2D eigenvalue weighted by Crippen LogP contribution is 2.34. The number of rotatable bonds is 1. The molecule has 0 spiro atoms. The molecule has 0 radical (unpaired) electrons. The third-order valence-corrected chi connectivity index (χ3v) is 5.18. The highest BCUT2D eigenvalue weighted by molar-refractivity contribution is 9.10. The van der Waals surface area contributed by atoms with Gasteiger partial charge in [-0.3, -0.25) is 15.1 Å². The summed E-state index contributed by atoms with van der Waals surface area (Å²) in [5.41, 5.74) is 1.49. The van der Waals surface area contributed by atoms with Crippen LogP contribution < -0.4 is 15.9 Å². The first-order chi connectivity index (χ1) is 11.7. The zero-order chi connectivity index (χ0) is 16.7. The maximum Gasteiger partial charge on any atom is 0.276 e. The van der Waals surface area contributed by atoms with Crippen LogP contribution in [-0.4, -0.2) is 22.3 Å². The van der Waals surface area contributed by atoms with Crippen molar-refractivity contribution in [3.8, 4) is 0 Å². The van der Waals surface area contributed by atoms with Gasteiger partial charge in [-0.1, -0.05) is 64.1 Å². The van der Waals surface area contributed by atoms with Crippen molar-refractivity contribution in [1.82, 2.24) is 10.3 Å². The van der Waals surface area contributed by atoms with Crippen LogP contribution in [0.2, 0.25) is 0 Å². The smallest absolute Gasteiger partial charge is 0.276 e. The summed E-state index contributed by atoms with van der Waals surface area (Å²) in [6.07, 6.45) is 1.49. The standard InChI is InChI=1S/C17H13BrN4OS/c1-24-17-20-16(23)14-11-7-3-5-9-13(11)19-15(22(14)21-17)10-6-2-4-8-12(10)18/h2-9,15H,1H3,(H,20,21,23)/t15-/m0/s1. The van der Waals surface area contributed by atoms with E-state index in [1.54, 1.807) is 5.01 Å². The van der Waals surface area contributed by atoms with Crippen LogP contribution in [0.25, 0.3) is 5.70 Å². The first-order valence-corrected chi connectivity index (χ1v) is 9.35. The van der Waals surface area contributed by atoms with Gasteiger partial charge in [-0.15, -0.1) is 5.10 Å². The average Bonchev–Trinajstić information content (AvgIpc) is 2.61. The number of amides is 1. The van der Waals surface area contributed by atoms with Crippen molar-refractivity contribution in [1.29, 1.82) is 0 Å². The van der Waals surface area contributed by atoms with Gasteiger partial charge in [-0.2, -0.15) is 0 Å². The second-order valence-electron chi connectivity index (χ2n) is 5.30. The fourth-order valence-electron chi connectivity index (χ4n) is 2.81. The Kier molecular flexibility index (Phi) is 3.90. The summed E-state index contributed by atoms with van der Waals surface area (Å²) in [5.74, 6) is -0.159. The lowest BCUT2D eigenvalue weighted by molar-refractivity contribution is -0.116. The fourth-order valence-corrected chi connectivity index (χ4v) is 3.66. The number of hydrazone groups is 1. The van der Waals surface area contributed by atoms with Gasteiger partial charge >= 0.3 is 0 Å². The summed E-state index contributed by atoms with van der Waals surface area (Å²) in [7, 11) is 0. The van der Waals surface area contributed by atoms with E-state index in [1.165, 1.54) is 11.8 Å². The zero-order valence-corrected chi connectivity index (χ0v) is 15.1. The molecule has 7 heteroatoms. The van der Waals surface area contributed by atoms with Crippen molar-refractivity contribution in [2.24, 2.45) is 10.1 Å². The Labute approximate surface area is 151 Å². The van der Waals surface area contributed by atoms with E-state index >= 15 is 0 Å². The number of benzene rings is 2. The van der Waals surface area contributed by atoms with Crippen LogP contribution in [0.5, 0.6) is 0 Å². The fraction of sp³-hybridized carbons (Fsp3) is 0.118. The molecular formula is C17H13BrN4OS. The summed E-state index contributed by atoms with van der Waals surface area (Å²) in [4.78, 5) is 17.5. The molecule has 0 saturated carbocycles. The Morgan fingerprint density at radius 3 is 2.71 bits per heavy atom. The lowest BCUT2D eigenvalue weighted by Crippen LogP contribution is -2.50. The molecule has 1 N–H and O–H groups in total. The molecule has 2 aromatic carbocycles. The van der Waals surface area contributed by atoms with Gasteiger partial charge in [0.2, 0.25) is 0 Å². The molecule has 1 atom stereocenters. The summed E-state index contributed by atoms with van der Waals surface area (Å²) < 4.78 is 0.935. The lowest BCUT2D eigenvalue weighted by atomic mass is 10.1. The number of thioether (sulfide) groups is 1. The zero-order valence-electron chi connectivity index (χ0n) is 12.7. The molecule has 2 aliphatic heterocycles. The molecule has 2 aromatic rings. The van der Waals surface area contributed by atoms with Crippen LogP contribution in [0.1, 0.15) is 11.7 Å². The predicted molar refractivity (Wildman–Crippen MR) is 98.4 cm³/mol. The van der Waals surface area contributed by atoms with E-state index in [-0.39, 0.29) is 5.91 Å². The second kappa shape index (κ2) is 6.07. The SMILES string of the molecule is CSC1=NN2C(=c3ccccc3=N[C@@H]2c2ccccc2Br)C(=O)N1. The average molecular weight is 401 g/mol. The van der Waals surface area contributed by atoms with E-state index < -0.39 is 6.17 Å². The Morgan fingerprint density at radius 1 is 1.17 bits per heavy atom. The van der Waals surface area contributed by atoms with E-state index in [4.69, 9.17) is 4.99 Å². The van der Waals surface area contributed by atoms with Crippen LogP contribution in [-0.2, 0) is 4.79 Å². The van der Waals surface area contributed by atoms with E-state index in [0.717, 1.165) is 20.6 Å². The van der Waals surface area contributed by atoms with Gasteiger partial charge in [-0.05, 0) is 18.4 Å². The number of nitrogens with one attached hydrogen (secondary N) is 1. The minimum absolute atomic E-state index is 0.159. The molecule has 2 heterocycles. The summed E-state index contributed by atoms with van der Waals surface area (Å²) in [6.45, 7) is 0. The summed E-state index contributed by atoms with van der Waals surface area (Å²) in [5, 5.41) is 11.3. The van der Waals surface area contributed by atoms with Gasteiger partial charge in [0, 0.05) is 15.3 Å². The van der Waals surface area contributed by atoms with Crippen molar-refractivity contribution in [3.05, 3.63) is 69.1 Å². The van der Waals surface area contributed by atoms with E-state index in [2.05, 4.69) is 26.3 Å². The van der Waals surface area contributed by atoms with Crippen LogP contribution in [0, 0.1) is 0 Å². The predicted octanol–water partition coefficient (Wildman–Crippen LogP) is 1.96. The largest absolute Gasteiger partial charge is 0.298 e. The van der Waals surface area contributed by atoms with E-state index in [1.807, 2.05) is 54.8 Å². The van der Waals surface area contributed by atoms with E-state index in [9.17, 15) is 4.79 Å². The lowest BCUT2D eigenvalue weighted by Gasteiger charge is -2.34. The van der Waals surface area contributed by atoms with Crippen LogP contribution >= 0.6 is 27.7 Å². The molecule has 0 aliphatic carbocycles. The minimum Gasteiger partial charge on any atom is -0.298 e. The molecule has 5 nitrogen and oxygen atoms in total. The number of fused-ring (bicyclic) bond motifs is 2. The monoisotopic (exact) mass is 400 g/mol. The molecule has 2 aliphatic rings. The Bertz CT molecular complexity index is 988. The molecule has 4 rings (SSSR count). The van der Waals surface area contributed by atoms with Crippen LogP contribution in [0.3, 0.4) is 0 Å². The third-order valence-electron chi connectivity index (χ3n) is 3.89. The maximum absolute atomic E-state index is 12.7. The number of amidine groups is 1. The van der Waals surface area contributed by atoms with Crippen LogP contribution in [0.15, 0.2) is 63.1 Å². The quantitative estimate of drug-likeness (QED) is 0.795. The number of hydrogen-bond donors (Lipinski definition) is 1. The molecule has 0 fully saturated rings. The van der Waals surface area contributed by atoms with Gasteiger partial charge in [0.25, 0.3) is 5.91 Å². The van der Waals surface area contributed by atoms with Gasteiger partial charge in [0.15, 0.2) is 11.3 Å². The van der Waals surface area contributed by atoms with Crippen molar-refractivity contribution in [2.75, 3.05) is 6.26 Å². The third kappa shape index (κ3) is 2.44. The highest BCUT2D eigenvalue weighted by Gasteiger charge is 2.34. The second-order valence-corrected chi connectivity index (χ2v) is 6.95. The van der Waals surface area contributed by atoms with Gasteiger partial charge in [0.05, 0.1) is 5.36 Å². The molecule has 0 saturated heterocycles. The number of carbonyl (C=O) groups excluding carboxylic acids is 1. The number of para-hydroxylation sites is 1. The van der Waals surface area contributed by atoms with Crippen molar-refractivity contribution < 1.29 is 4.79 Å². The normalized spacial score (nSPS) is 19.0. The Balaban J connectivity index is 2.02. The van der Waals surface area contributed by atoms with E-state index in [0.29, 0.717) is 10.9 Å².